The highest BCUT2D eigenvalue weighted by Crippen LogP contribution is 2.15. The second-order valence-corrected chi connectivity index (χ2v) is 4.08. The highest BCUT2D eigenvalue weighted by atomic mass is 16.2. The Labute approximate surface area is 98.9 Å². The summed E-state index contributed by atoms with van der Waals surface area (Å²) in [6, 6.07) is 9.12. The van der Waals surface area contributed by atoms with E-state index in [1.54, 1.807) is 18.0 Å². The van der Waals surface area contributed by atoms with E-state index in [0.29, 0.717) is 6.54 Å². The molecule has 1 heterocycles. The van der Waals surface area contributed by atoms with Gasteiger partial charge in [0.25, 0.3) is 0 Å². The van der Waals surface area contributed by atoms with E-state index >= 15 is 0 Å². The quantitative estimate of drug-likeness (QED) is 0.850. The smallest absolute Gasteiger partial charge is 0.248 e. The van der Waals surface area contributed by atoms with Crippen LogP contribution in [0.1, 0.15) is 12.5 Å². The number of nitrogens with one attached hydrogen (secondary N) is 1. The maximum absolute atomic E-state index is 11.5. The summed E-state index contributed by atoms with van der Waals surface area (Å²) >= 11 is 0. The molecule has 1 aromatic heterocycles. The molecule has 0 bridgehead atoms. The highest BCUT2D eigenvalue weighted by molar-refractivity contribution is 5.82. The standard InChI is InChI=1S/C13H14N2O2/c1-9(16)15(2)8-10-7-13(17)14-12-6-4-3-5-11(10)12/h3-7H,8H2,1-2H3,(H,14,17). The van der Waals surface area contributed by atoms with Gasteiger partial charge in [-0.3, -0.25) is 9.59 Å². The van der Waals surface area contributed by atoms with Crippen molar-refractivity contribution in [1.82, 2.24) is 9.88 Å². The van der Waals surface area contributed by atoms with Crippen molar-refractivity contribution in [1.29, 1.82) is 0 Å². The number of amides is 1. The summed E-state index contributed by atoms with van der Waals surface area (Å²) in [7, 11) is 1.72. The SMILES string of the molecule is CC(=O)N(C)Cc1cc(=O)[nH]c2ccccc12. The van der Waals surface area contributed by atoms with Gasteiger partial charge in [0.2, 0.25) is 11.5 Å². The first-order valence-electron chi connectivity index (χ1n) is 5.40. The van der Waals surface area contributed by atoms with Crippen LogP contribution in [0.4, 0.5) is 0 Å². The van der Waals surface area contributed by atoms with Gasteiger partial charge in [-0.2, -0.15) is 0 Å². The summed E-state index contributed by atoms with van der Waals surface area (Å²) in [5, 5.41) is 0.972. The molecule has 4 nitrogen and oxygen atoms in total. The number of hydrogen-bond donors (Lipinski definition) is 1. The normalized spacial score (nSPS) is 10.5. The minimum atomic E-state index is -0.143. The largest absolute Gasteiger partial charge is 0.342 e. The van der Waals surface area contributed by atoms with Crippen LogP contribution in [-0.4, -0.2) is 22.8 Å². The summed E-state index contributed by atoms with van der Waals surface area (Å²) in [5.74, 6) is -0.0191. The van der Waals surface area contributed by atoms with Crippen LogP contribution < -0.4 is 5.56 Å². The molecule has 0 unspecified atom stereocenters. The first-order chi connectivity index (χ1) is 8.08. The lowest BCUT2D eigenvalue weighted by atomic mass is 10.1. The second kappa shape index (κ2) is 4.41. The van der Waals surface area contributed by atoms with Gasteiger partial charge in [-0.25, -0.2) is 0 Å². The van der Waals surface area contributed by atoms with E-state index in [4.69, 9.17) is 0 Å². The molecule has 17 heavy (non-hydrogen) atoms. The minimum absolute atomic E-state index is 0.0191. The van der Waals surface area contributed by atoms with E-state index in [0.717, 1.165) is 16.5 Å². The summed E-state index contributed by atoms with van der Waals surface area (Å²) in [5.41, 5.74) is 1.52. The zero-order valence-corrected chi connectivity index (χ0v) is 9.86. The van der Waals surface area contributed by atoms with E-state index < -0.39 is 0 Å². The van der Waals surface area contributed by atoms with Crippen LogP contribution in [-0.2, 0) is 11.3 Å². The van der Waals surface area contributed by atoms with Crippen LogP contribution in [0.25, 0.3) is 10.9 Å². The highest BCUT2D eigenvalue weighted by Gasteiger charge is 2.07. The van der Waals surface area contributed by atoms with Crippen molar-refractivity contribution < 1.29 is 4.79 Å². The number of carbonyl (C=O) groups is 1. The fourth-order valence-corrected chi connectivity index (χ4v) is 1.77. The number of carbonyl (C=O) groups excluding carboxylic acids is 1. The lowest BCUT2D eigenvalue weighted by Crippen LogP contribution is -2.24. The molecule has 0 fully saturated rings. The zero-order valence-electron chi connectivity index (χ0n) is 9.86. The third-order valence-corrected chi connectivity index (χ3v) is 2.78. The van der Waals surface area contributed by atoms with Crippen molar-refractivity contribution in [3.05, 3.63) is 46.2 Å². The summed E-state index contributed by atoms with van der Waals surface area (Å²) < 4.78 is 0. The van der Waals surface area contributed by atoms with Gasteiger partial charge in [0.1, 0.15) is 0 Å². The van der Waals surface area contributed by atoms with Crippen molar-refractivity contribution in [2.24, 2.45) is 0 Å². The molecule has 2 aromatic rings. The van der Waals surface area contributed by atoms with Gasteiger partial charge in [0, 0.05) is 37.5 Å². The maximum atomic E-state index is 11.5. The van der Waals surface area contributed by atoms with Crippen LogP contribution >= 0.6 is 0 Å². The average Bonchev–Trinajstić information content (AvgIpc) is 2.28. The van der Waals surface area contributed by atoms with E-state index in [-0.39, 0.29) is 11.5 Å². The number of H-pyrrole nitrogens is 1. The fraction of sp³-hybridized carbons (Fsp3) is 0.231. The van der Waals surface area contributed by atoms with Crippen molar-refractivity contribution in [2.45, 2.75) is 13.5 Å². The van der Waals surface area contributed by atoms with E-state index in [9.17, 15) is 9.59 Å². The molecule has 88 valence electrons. The molecule has 0 aliphatic heterocycles. The van der Waals surface area contributed by atoms with Crippen molar-refractivity contribution in [2.75, 3.05) is 7.05 Å². The second-order valence-electron chi connectivity index (χ2n) is 4.08. The van der Waals surface area contributed by atoms with Crippen molar-refractivity contribution in [3.8, 4) is 0 Å². The Morgan fingerprint density at radius 3 is 2.76 bits per heavy atom. The molecule has 0 aliphatic carbocycles. The van der Waals surface area contributed by atoms with Gasteiger partial charge in [0.15, 0.2) is 0 Å². The van der Waals surface area contributed by atoms with Crippen molar-refractivity contribution >= 4 is 16.8 Å². The number of benzene rings is 1. The van der Waals surface area contributed by atoms with E-state index in [1.165, 1.54) is 6.92 Å². The summed E-state index contributed by atoms with van der Waals surface area (Å²) in [4.78, 5) is 27.1. The Morgan fingerprint density at radius 1 is 1.35 bits per heavy atom. The number of aromatic amines is 1. The molecule has 0 radical (unpaired) electrons. The van der Waals surface area contributed by atoms with Crippen molar-refractivity contribution in [3.63, 3.8) is 0 Å². The zero-order chi connectivity index (χ0) is 12.4. The first-order valence-corrected chi connectivity index (χ1v) is 5.40. The molecular formula is C13H14N2O2. The summed E-state index contributed by atoms with van der Waals surface area (Å²) in [6.45, 7) is 1.95. The fourth-order valence-electron chi connectivity index (χ4n) is 1.77. The first kappa shape index (κ1) is 11.4. The molecular weight excluding hydrogens is 216 g/mol. The van der Waals surface area contributed by atoms with Crippen LogP contribution in [0, 0.1) is 0 Å². The Balaban J connectivity index is 2.52. The summed E-state index contributed by atoms with van der Waals surface area (Å²) in [6.07, 6.45) is 0. The Morgan fingerprint density at radius 2 is 2.06 bits per heavy atom. The van der Waals surface area contributed by atoms with Gasteiger partial charge in [0.05, 0.1) is 0 Å². The maximum Gasteiger partial charge on any atom is 0.248 e. The molecule has 0 saturated carbocycles. The Kier molecular flexibility index (Phi) is 2.95. The molecule has 0 aliphatic rings. The van der Waals surface area contributed by atoms with Gasteiger partial charge in [-0.05, 0) is 11.6 Å². The predicted octanol–water partition coefficient (Wildman–Crippen LogP) is 1.51. The number of fused-ring (bicyclic) bond motifs is 1. The third-order valence-electron chi connectivity index (χ3n) is 2.78. The molecule has 0 saturated heterocycles. The minimum Gasteiger partial charge on any atom is -0.342 e. The third kappa shape index (κ3) is 2.36. The molecule has 1 aromatic carbocycles. The molecule has 0 atom stereocenters. The van der Waals surface area contributed by atoms with Crippen LogP contribution in [0.15, 0.2) is 35.1 Å². The molecule has 2 rings (SSSR count). The monoisotopic (exact) mass is 230 g/mol. The van der Waals surface area contributed by atoms with Gasteiger partial charge >= 0.3 is 0 Å². The van der Waals surface area contributed by atoms with E-state index in [1.807, 2.05) is 24.3 Å². The van der Waals surface area contributed by atoms with E-state index in [2.05, 4.69) is 4.98 Å². The van der Waals surface area contributed by atoms with Gasteiger partial charge in [-0.15, -0.1) is 0 Å². The van der Waals surface area contributed by atoms with Crippen LogP contribution in [0.5, 0.6) is 0 Å². The number of pyridine rings is 1. The number of rotatable bonds is 2. The molecule has 1 amide bonds. The number of nitrogens with zero attached hydrogens (tertiary/aromatic N) is 1. The number of hydrogen-bond acceptors (Lipinski definition) is 2. The predicted molar refractivity (Wildman–Crippen MR) is 66.7 cm³/mol. The average molecular weight is 230 g/mol. The lowest BCUT2D eigenvalue weighted by Gasteiger charge is -2.15. The van der Waals surface area contributed by atoms with Crippen LogP contribution in [0.3, 0.4) is 0 Å². The topological polar surface area (TPSA) is 53.2 Å². The lowest BCUT2D eigenvalue weighted by molar-refractivity contribution is -0.128. The molecule has 4 heteroatoms. The van der Waals surface area contributed by atoms with Gasteiger partial charge in [-0.1, -0.05) is 18.2 Å². The Bertz CT molecular complexity index is 616. The number of para-hydroxylation sites is 1. The molecule has 0 spiro atoms. The molecule has 1 N–H and O–H groups in total. The number of aromatic nitrogens is 1. The Hall–Kier alpha value is -2.10. The van der Waals surface area contributed by atoms with Crippen LogP contribution in [0.2, 0.25) is 0 Å². The van der Waals surface area contributed by atoms with Gasteiger partial charge < -0.3 is 9.88 Å².